The average Bonchev–Trinajstić information content (AvgIpc) is 3.18. The highest BCUT2D eigenvalue weighted by Crippen LogP contribution is 2.28. The van der Waals surface area contributed by atoms with Gasteiger partial charge in [0, 0.05) is 30.8 Å². The maximum Gasteiger partial charge on any atom is 0.229 e. The van der Waals surface area contributed by atoms with E-state index >= 15 is 0 Å². The molecule has 2 aromatic carbocycles. The van der Waals surface area contributed by atoms with E-state index in [0.29, 0.717) is 18.8 Å². The van der Waals surface area contributed by atoms with Gasteiger partial charge >= 0.3 is 0 Å². The van der Waals surface area contributed by atoms with Crippen LogP contribution in [0.2, 0.25) is 0 Å². The first-order valence-corrected chi connectivity index (χ1v) is 9.99. The Morgan fingerprint density at radius 1 is 1.14 bits per heavy atom. The Balaban J connectivity index is 1.37. The van der Waals surface area contributed by atoms with Crippen molar-refractivity contribution in [3.63, 3.8) is 0 Å². The summed E-state index contributed by atoms with van der Waals surface area (Å²) in [6, 6.07) is 12.3. The maximum absolute atomic E-state index is 13.3. The molecule has 2 aliphatic rings. The fraction of sp³-hybridized carbons (Fsp3) is 0.318. The highest BCUT2D eigenvalue weighted by molar-refractivity contribution is 5.93. The van der Waals surface area contributed by atoms with Gasteiger partial charge in [0.25, 0.3) is 0 Å². The fourth-order valence-electron chi connectivity index (χ4n) is 4.22. The number of amides is 1. The second-order valence-corrected chi connectivity index (χ2v) is 7.65. The van der Waals surface area contributed by atoms with Crippen LogP contribution in [0.15, 0.2) is 42.5 Å². The van der Waals surface area contributed by atoms with Crippen molar-refractivity contribution in [2.24, 2.45) is 5.92 Å². The molecule has 2 aliphatic heterocycles. The van der Waals surface area contributed by atoms with Gasteiger partial charge in [0.1, 0.15) is 11.6 Å². The molecule has 2 N–H and O–H groups in total. The molecule has 29 heavy (non-hydrogen) atoms. The van der Waals surface area contributed by atoms with E-state index in [2.05, 4.69) is 26.9 Å². The van der Waals surface area contributed by atoms with E-state index < -0.39 is 0 Å². The largest absolute Gasteiger partial charge is 0.325 e. The Morgan fingerprint density at radius 2 is 2.00 bits per heavy atom. The predicted molar refractivity (Wildman–Crippen MR) is 108 cm³/mol. The summed E-state index contributed by atoms with van der Waals surface area (Å²) in [5.74, 6) is 1.12. The zero-order chi connectivity index (χ0) is 19.8. The number of halogens is 1. The monoisotopic (exact) mass is 391 g/mol. The Kier molecular flexibility index (Phi) is 4.60. The molecule has 3 aromatic rings. The van der Waals surface area contributed by atoms with E-state index in [-0.39, 0.29) is 17.6 Å². The van der Waals surface area contributed by atoms with Gasteiger partial charge in [0.15, 0.2) is 5.82 Å². The van der Waals surface area contributed by atoms with Gasteiger partial charge in [-0.2, -0.15) is 0 Å². The van der Waals surface area contributed by atoms with E-state index in [1.807, 2.05) is 16.7 Å². The van der Waals surface area contributed by atoms with Crippen LogP contribution in [0.25, 0.3) is 11.4 Å². The summed E-state index contributed by atoms with van der Waals surface area (Å²) in [4.78, 5) is 13.0. The summed E-state index contributed by atoms with van der Waals surface area (Å²) < 4.78 is 15.3. The molecule has 1 unspecified atom stereocenters. The topological polar surface area (TPSA) is 71.8 Å². The van der Waals surface area contributed by atoms with Crippen molar-refractivity contribution in [3.05, 3.63) is 65.2 Å². The molecule has 0 radical (unpaired) electrons. The molecule has 3 heterocycles. The van der Waals surface area contributed by atoms with Gasteiger partial charge in [-0.1, -0.05) is 12.1 Å². The van der Waals surface area contributed by atoms with Crippen molar-refractivity contribution >= 4 is 11.6 Å². The zero-order valence-corrected chi connectivity index (χ0v) is 16.0. The highest BCUT2D eigenvalue weighted by atomic mass is 19.1. The lowest BCUT2D eigenvalue weighted by Crippen LogP contribution is -2.32. The first kappa shape index (κ1) is 18.0. The molecular weight excluding hydrogens is 369 g/mol. The number of fused-ring (bicyclic) bond motifs is 2. The molecule has 0 bridgehead atoms. The number of nitrogens with zero attached hydrogens (tertiary/aromatic N) is 3. The van der Waals surface area contributed by atoms with Crippen molar-refractivity contribution in [2.45, 2.75) is 32.4 Å². The molecule has 148 valence electrons. The molecule has 6 nitrogen and oxygen atoms in total. The van der Waals surface area contributed by atoms with E-state index in [1.54, 1.807) is 12.1 Å². The normalized spacial score (nSPS) is 18.0. The van der Waals surface area contributed by atoms with Crippen LogP contribution in [-0.4, -0.2) is 27.2 Å². The number of rotatable bonds is 3. The second-order valence-electron chi connectivity index (χ2n) is 7.65. The first-order valence-electron chi connectivity index (χ1n) is 9.99. The smallest absolute Gasteiger partial charge is 0.229 e. The van der Waals surface area contributed by atoms with Gasteiger partial charge in [-0.25, -0.2) is 4.39 Å². The number of benzene rings is 2. The number of aromatic nitrogens is 3. The minimum Gasteiger partial charge on any atom is -0.325 e. The molecule has 1 atom stereocenters. The molecule has 0 saturated carbocycles. The molecule has 0 saturated heterocycles. The second kappa shape index (κ2) is 7.40. The molecule has 0 fully saturated rings. The van der Waals surface area contributed by atoms with Crippen LogP contribution >= 0.6 is 0 Å². The number of hydrogen-bond acceptors (Lipinski definition) is 4. The van der Waals surface area contributed by atoms with Gasteiger partial charge in [-0.05, 0) is 60.8 Å². The van der Waals surface area contributed by atoms with E-state index in [0.717, 1.165) is 43.0 Å². The summed E-state index contributed by atoms with van der Waals surface area (Å²) >= 11 is 0. The fourth-order valence-corrected chi connectivity index (χ4v) is 4.22. The quantitative estimate of drug-likeness (QED) is 0.720. The maximum atomic E-state index is 13.3. The number of aryl methyl sites for hydroxylation is 1. The minimum absolute atomic E-state index is 0.0216. The van der Waals surface area contributed by atoms with Gasteiger partial charge in [0.05, 0.1) is 5.92 Å². The van der Waals surface area contributed by atoms with Crippen molar-refractivity contribution < 1.29 is 9.18 Å². The number of anilines is 1. The van der Waals surface area contributed by atoms with Crippen LogP contribution in [0.1, 0.15) is 23.4 Å². The number of nitrogens with one attached hydrogen (secondary N) is 2. The Hall–Kier alpha value is -3.06. The highest BCUT2D eigenvalue weighted by Gasteiger charge is 2.29. The minimum atomic E-state index is -0.287. The molecular formula is C22H22FN5O. The lowest BCUT2D eigenvalue weighted by Gasteiger charge is -2.25. The summed E-state index contributed by atoms with van der Waals surface area (Å²) in [6.45, 7) is 2.27. The molecule has 0 aliphatic carbocycles. The summed E-state index contributed by atoms with van der Waals surface area (Å²) in [5.41, 5.74) is 4.17. The zero-order valence-electron chi connectivity index (χ0n) is 16.0. The Morgan fingerprint density at radius 3 is 2.86 bits per heavy atom. The van der Waals surface area contributed by atoms with Crippen LogP contribution in [0.4, 0.5) is 10.1 Å². The van der Waals surface area contributed by atoms with Gasteiger partial charge in [0.2, 0.25) is 5.91 Å². The Labute approximate surface area is 168 Å². The van der Waals surface area contributed by atoms with E-state index in [9.17, 15) is 9.18 Å². The lowest BCUT2D eigenvalue weighted by molar-refractivity contribution is -0.120. The van der Waals surface area contributed by atoms with Crippen molar-refractivity contribution in [2.75, 3.05) is 11.9 Å². The molecule has 1 amide bonds. The van der Waals surface area contributed by atoms with Crippen LogP contribution in [-0.2, 0) is 30.7 Å². The van der Waals surface area contributed by atoms with Crippen LogP contribution in [0.3, 0.4) is 0 Å². The third-order valence-corrected chi connectivity index (χ3v) is 5.82. The SMILES string of the molecule is O=C(Nc1cccc2c1CNCC2)C1CCc2nnc(-c3ccc(F)cc3)n2C1. The molecule has 5 rings (SSSR count). The van der Waals surface area contributed by atoms with Gasteiger partial charge in [-0.3, -0.25) is 4.79 Å². The van der Waals surface area contributed by atoms with Crippen molar-refractivity contribution in [1.29, 1.82) is 0 Å². The van der Waals surface area contributed by atoms with Crippen LogP contribution < -0.4 is 10.6 Å². The first-order chi connectivity index (χ1) is 14.2. The van der Waals surface area contributed by atoms with E-state index in [1.165, 1.54) is 23.3 Å². The molecule has 1 aromatic heterocycles. The van der Waals surface area contributed by atoms with Crippen molar-refractivity contribution in [1.82, 2.24) is 20.1 Å². The summed E-state index contributed by atoms with van der Waals surface area (Å²) in [6.07, 6.45) is 2.41. The number of hydrogen-bond donors (Lipinski definition) is 2. The predicted octanol–water partition coefficient (Wildman–Crippen LogP) is 2.93. The van der Waals surface area contributed by atoms with Crippen LogP contribution in [0.5, 0.6) is 0 Å². The third kappa shape index (κ3) is 3.42. The van der Waals surface area contributed by atoms with Gasteiger partial charge in [-0.15, -0.1) is 10.2 Å². The van der Waals surface area contributed by atoms with Crippen LogP contribution in [0, 0.1) is 11.7 Å². The van der Waals surface area contributed by atoms with Crippen molar-refractivity contribution in [3.8, 4) is 11.4 Å². The lowest BCUT2D eigenvalue weighted by atomic mass is 9.96. The van der Waals surface area contributed by atoms with Gasteiger partial charge < -0.3 is 15.2 Å². The molecule has 0 spiro atoms. The summed E-state index contributed by atoms with van der Waals surface area (Å²) in [5, 5.41) is 15.1. The average molecular weight is 391 g/mol. The van der Waals surface area contributed by atoms with E-state index in [4.69, 9.17) is 0 Å². The standard InChI is InChI=1S/C22H22FN5O/c23-17-7-4-15(5-8-17)21-27-26-20-9-6-16(13-28(20)21)22(29)25-19-3-1-2-14-10-11-24-12-18(14)19/h1-5,7-8,16,24H,6,9-13H2,(H,25,29). The number of carbonyl (C=O) groups excluding carboxylic acids is 1. The molecule has 7 heteroatoms. The summed E-state index contributed by atoms with van der Waals surface area (Å²) in [7, 11) is 0. The number of carbonyl (C=O) groups is 1. The Bertz CT molecular complexity index is 1060. The third-order valence-electron chi connectivity index (χ3n) is 5.82.